The van der Waals surface area contributed by atoms with Gasteiger partial charge in [-0.1, -0.05) is 27.7 Å². The van der Waals surface area contributed by atoms with Crippen LogP contribution in [0.15, 0.2) is 0 Å². The second kappa shape index (κ2) is 5.77. The van der Waals surface area contributed by atoms with Crippen LogP contribution >= 0.6 is 12.6 Å². The topological polar surface area (TPSA) is 3.24 Å². The van der Waals surface area contributed by atoms with Crippen molar-refractivity contribution < 1.29 is 0 Å². The first-order valence-corrected chi connectivity index (χ1v) is 7.43. The van der Waals surface area contributed by atoms with E-state index in [1.807, 2.05) is 0 Å². The summed E-state index contributed by atoms with van der Waals surface area (Å²) in [5, 5.41) is 0. The highest BCUT2D eigenvalue weighted by molar-refractivity contribution is 7.80. The SMILES string of the molecule is CCC(CC)(CS)CN1CCCC(C)(C)C1. The molecule has 0 aromatic heterocycles. The van der Waals surface area contributed by atoms with Crippen molar-refractivity contribution in [3.63, 3.8) is 0 Å². The molecule has 0 aliphatic carbocycles. The number of likely N-dealkylation sites (tertiary alicyclic amines) is 1. The van der Waals surface area contributed by atoms with E-state index in [-0.39, 0.29) is 0 Å². The van der Waals surface area contributed by atoms with Gasteiger partial charge >= 0.3 is 0 Å². The molecule has 0 bridgehead atoms. The van der Waals surface area contributed by atoms with Gasteiger partial charge in [-0.2, -0.15) is 12.6 Å². The van der Waals surface area contributed by atoms with E-state index in [9.17, 15) is 0 Å². The van der Waals surface area contributed by atoms with Crippen LogP contribution < -0.4 is 0 Å². The fraction of sp³-hybridized carbons (Fsp3) is 1.00. The maximum absolute atomic E-state index is 4.58. The van der Waals surface area contributed by atoms with Crippen LogP contribution in [0.2, 0.25) is 0 Å². The van der Waals surface area contributed by atoms with Crippen molar-refractivity contribution in [1.29, 1.82) is 0 Å². The molecule has 1 nitrogen and oxygen atoms in total. The van der Waals surface area contributed by atoms with Gasteiger partial charge in [0.2, 0.25) is 0 Å². The van der Waals surface area contributed by atoms with Crippen LogP contribution in [-0.4, -0.2) is 30.3 Å². The Morgan fingerprint density at radius 3 is 2.31 bits per heavy atom. The number of nitrogens with zero attached hydrogens (tertiary/aromatic N) is 1. The first-order valence-electron chi connectivity index (χ1n) is 6.80. The Bertz CT molecular complexity index is 201. The Hall–Kier alpha value is 0.310. The summed E-state index contributed by atoms with van der Waals surface area (Å²) in [6.45, 7) is 13.2. The van der Waals surface area contributed by atoms with E-state index >= 15 is 0 Å². The summed E-state index contributed by atoms with van der Waals surface area (Å²) < 4.78 is 0. The Labute approximate surface area is 107 Å². The Balaban J connectivity index is 2.58. The van der Waals surface area contributed by atoms with Gasteiger partial charge in [0.25, 0.3) is 0 Å². The average molecular weight is 243 g/mol. The van der Waals surface area contributed by atoms with Gasteiger partial charge in [0.15, 0.2) is 0 Å². The van der Waals surface area contributed by atoms with E-state index < -0.39 is 0 Å². The van der Waals surface area contributed by atoms with Crippen LogP contribution in [-0.2, 0) is 0 Å². The predicted molar refractivity (Wildman–Crippen MR) is 76.3 cm³/mol. The number of piperidine rings is 1. The van der Waals surface area contributed by atoms with Crippen molar-refractivity contribution in [1.82, 2.24) is 4.90 Å². The minimum Gasteiger partial charge on any atom is -0.302 e. The Kier molecular flexibility index (Phi) is 5.18. The summed E-state index contributed by atoms with van der Waals surface area (Å²) in [6.07, 6.45) is 5.26. The van der Waals surface area contributed by atoms with Crippen molar-refractivity contribution in [2.24, 2.45) is 10.8 Å². The third-order valence-corrected chi connectivity index (χ3v) is 5.04. The van der Waals surface area contributed by atoms with Gasteiger partial charge in [0, 0.05) is 13.1 Å². The lowest BCUT2D eigenvalue weighted by atomic mass is 9.80. The molecule has 16 heavy (non-hydrogen) atoms. The fourth-order valence-corrected chi connectivity index (χ4v) is 3.45. The maximum atomic E-state index is 4.58. The van der Waals surface area contributed by atoms with Crippen LogP contribution in [0, 0.1) is 10.8 Å². The normalized spacial score (nSPS) is 22.3. The van der Waals surface area contributed by atoms with Crippen LogP contribution in [0.4, 0.5) is 0 Å². The fourth-order valence-electron chi connectivity index (χ4n) is 2.90. The summed E-state index contributed by atoms with van der Waals surface area (Å²) in [7, 11) is 0. The minimum absolute atomic E-state index is 0.441. The molecule has 0 N–H and O–H groups in total. The van der Waals surface area contributed by atoms with Crippen molar-refractivity contribution in [2.75, 3.05) is 25.4 Å². The zero-order valence-electron chi connectivity index (χ0n) is 11.6. The molecule has 1 heterocycles. The molecular formula is C14H29NS. The molecule has 96 valence electrons. The minimum atomic E-state index is 0.441. The molecule has 1 aliphatic heterocycles. The molecule has 0 atom stereocenters. The smallest absolute Gasteiger partial charge is 0.00458 e. The number of thiol groups is 1. The molecule has 0 spiro atoms. The van der Waals surface area contributed by atoms with Gasteiger partial charge in [-0.25, -0.2) is 0 Å². The van der Waals surface area contributed by atoms with Crippen molar-refractivity contribution in [3.8, 4) is 0 Å². The second-order valence-corrected chi connectivity index (χ2v) is 6.66. The Morgan fingerprint density at radius 1 is 1.25 bits per heavy atom. The summed E-state index contributed by atoms with van der Waals surface area (Å²) in [4.78, 5) is 2.67. The molecule has 0 aromatic carbocycles. The summed E-state index contributed by atoms with van der Waals surface area (Å²) in [5.41, 5.74) is 0.957. The summed E-state index contributed by atoms with van der Waals surface area (Å²) >= 11 is 4.58. The molecule has 2 heteroatoms. The van der Waals surface area contributed by atoms with Crippen LogP contribution in [0.25, 0.3) is 0 Å². The standard InChI is InChI=1S/C14H29NS/c1-5-14(6-2,12-16)11-15-9-7-8-13(3,4)10-15/h16H,5-12H2,1-4H3. The molecule has 0 radical (unpaired) electrons. The number of hydrogen-bond acceptors (Lipinski definition) is 2. The predicted octanol–water partition coefficient (Wildman–Crippen LogP) is 3.84. The van der Waals surface area contributed by atoms with Gasteiger partial charge in [-0.3, -0.25) is 0 Å². The number of rotatable bonds is 5. The van der Waals surface area contributed by atoms with E-state index in [4.69, 9.17) is 0 Å². The highest BCUT2D eigenvalue weighted by Crippen LogP contribution is 2.34. The monoisotopic (exact) mass is 243 g/mol. The average Bonchev–Trinajstić information content (AvgIpc) is 2.25. The summed E-state index contributed by atoms with van der Waals surface area (Å²) in [6, 6.07) is 0. The van der Waals surface area contributed by atoms with E-state index in [1.165, 1.54) is 45.3 Å². The lowest BCUT2D eigenvalue weighted by Gasteiger charge is -2.43. The third-order valence-electron chi connectivity index (χ3n) is 4.37. The zero-order chi connectivity index (χ0) is 12.2. The zero-order valence-corrected chi connectivity index (χ0v) is 12.4. The molecular weight excluding hydrogens is 214 g/mol. The number of hydrogen-bond donors (Lipinski definition) is 1. The second-order valence-electron chi connectivity index (χ2n) is 6.34. The quantitative estimate of drug-likeness (QED) is 0.718. The van der Waals surface area contributed by atoms with E-state index in [0.717, 1.165) is 5.75 Å². The lowest BCUT2D eigenvalue weighted by molar-refractivity contribution is 0.0734. The van der Waals surface area contributed by atoms with Gasteiger partial charge in [-0.05, 0) is 48.8 Å². The molecule has 1 rings (SSSR count). The largest absolute Gasteiger partial charge is 0.302 e. The first kappa shape index (κ1) is 14.4. The Morgan fingerprint density at radius 2 is 1.88 bits per heavy atom. The van der Waals surface area contributed by atoms with Crippen LogP contribution in [0.3, 0.4) is 0 Å². The maximum Gasteiger partial charge on any atom is 0.00458 e. The molecule has 0 saturated carbocycles. The van der Waals surface area contributed by atoms with E-state index in [1.54, 1.807) is 0 Å². The van der Waals surface area contributed by atoms with E-state index in [2.05, 4.69) is 45.2 Å². The van der Waals surface area contributed by atoms with Gasteiger partial charge in [0.05, 0.1) is 0 Å². The van der Waals surface area contributed by atoms with Crippen LogP contribution in [0.5, 0.6) is 0 Å². The van der Waals surface area contributed by atoms with E-state index in [0.29, 0.717) is 10.8 Å². The molecule has 1 aliphatic rings. The molecule has 1 fully saturated rings. The molecule has 0 amide bonds. The summed E-state index contributed by atoms with van der Waals surface area (Å²) in [5.74, 6) is 1.02. The molecule has 0 unspecified atom stereocenters. The lowest BCUT2D eigenvalue weighted by Crippen LogP contribution is -2.46. The van der Waals surface area contributed by atoms with Gasteiger partial charge in [0.1, 0.15) is 0 Å². The van der Waals surface area contributed by atoms with Crippen LogP contribution in [0.1, 0.15) is 53.4 Å². The van der Waals surface area contributed by atoms with Crippen molar-refractivity contribution >= 4 is 12.6 Å². The van der Waals surface area contributed by atoms with Crippen molar-refractivity contribution in [2.45, 2.75) is 53.4 Å². The first-order chi connectivity index (χ1) is 7.47. The highest BCUT2D eigenvalue weighted by Gasteiger charge is 2.32. The third kappa shape index (κ3) is 3.66. The highest BCUT2D eigenvalue weighted by atomic mass is 32.1. The van der Waals surface area contributed by atoms with Gasteiger partial charge in [-0.15, -0.1) is 0 Å². The van der Waals surface area contributed by atoms with Crippen molar-refractivity contribution in [3.05, 3.63) is 0 Å². The van der Waals surface area contributed by atoms with Gasteiger partial charge < -0.3 is 4.90 Å². The molecule has 1 saturated heterocycles. The molecule has 0 aromatic rings.